The largest absolute Gasteiger partial charge is 0.452 e. The van der Waals surface area contributed by atoms with Gasteiger partial charge in [-0.25, -0.2) is 0 Å². The van der Waals surface area contributed by atoms with Gasteiger partial charge in [-0.05, 0) is 31.2 Å². The second-order valence-corrected chi connectivity index (χ2v) is 6.52. The molecule has 26 heavy (non-hydrogen) atoms. The third-order valence-corrected chi connectivity index (χ3v) is 4.52. The molecule has 5 nitrogen and oxygen atoms in total. The van der Waals surface area contributed by atoms with Gasteiger partial charge in [-0.15, -0.1) is 11.8 Å². The quantitative estimate of drug-likeness (QED) is 0.525. The Kier molecular flexibility index (Phi) is 7.72. The monoisotopic (exact) mass is 368 g/mol. The number of carbonyl (C=O) groups excluding carboxylic acids is 2. The Bertz CT molecular complexity index is 760. The number of hydrogen-bond acceptors (Lipinski definition) is 5. The lowest BCUT2D eigenvalue weighted by molar-refractivity contribution is -0.151. The summed E-state index contributed by atoms with van der Waals surface area (Å²) in [5.74, 6) is -0.664. The minimum absolute atomic E-state index is 0.130. The van der Waals surface area contributed by atoms with E-state index in [-0.39, 0.29) is 24.6 Å². The first-order valence-electron chi connectivity index (χ1n) is 8.22. The van der Waals surface area contributed by atoms with Gasteiger partial charge >= 0.3 is 5.97 Å². The van der Waals surface area contributed by atoms with Crippen LogP contribution >= 0.6 is 11.8 Å². The van der Waals surface area contributed by atoms with Crippen molar-refractivity contribution >= 4 is 29.3 Å². The summed E-state index contributed by atoms with van der Waals surface area (Å²) in [6, 6.07) is 20.6. The van der Waals surface area contributed by atoms with E-state index >= 15 is 0 Å². The van der Waals surface area contributed by atoms with Gasteiger partial charge in [-0.3, -0.25) is 9.59 Å². The van der Waals surface area contributed by atoms with Crippen LogP contribution in [0.1, 0.15) is 13.3 Å². The van der Waals surface area contributed by atoms with Gasteiger partial charge in [-0.1, -0.05) is 36.4 Å². The minimum Gasteiger partial charge on any atom is -0.452 e. The third-order valence-electron chi connectivity index (χ3n) is 3.54. The number of ether oxygens (including phenoxy) is 1. The summed E-state index contributed by atoms with van der Waals surface area (Å²) in [5.41, 5.74) is 0.675. The van der Waals surface area contributed by atoms with E-state index in [0.717, 1.165) is 4.90 Å². The number of esters is 1. The Balaban J connectivity index is 1.94. The van der Waals surface area contributed by atoms with Gasteiger partial charge in [0.15, 0.2) is 6.10 Å². The Morgan fingerprint density at radius 2 is 1.73 bits per heavy atom. The van der Waals surface area contributed by atoms with E-state index in [2.05, 4.69) is 0 Å². The van der Waals surface area contributed by atoms with Gasteiger partial charge in [-0.2, -0.15) is 5.26 Å². The van der Waals surface area contributed by atoms with Crippen molar-refractivity contribution in [1.29, 1.82) is 5.26 Å². The van der Waals surface area contributed by atoms with Gasteiger partial charge in [0.1, 0.15) is 0 Å². The fraction of sp³-hybridized carbons (Fsp3) is 0.250. The molecule has 2 aromatic rings. The van der Waals surface area contributed by atoms with Crippen molar-refractivity contribution in [3.63, 3.8) is 0 Å². The smallest absolute Gasteiger partial charge is 0.317 e. The van der Waals surface area contributed by atoms with Crippen LogP contribution in [0.3, 0.4) is 0 Å². The molecule has 0 aliphatic carbocycles. The van der Waals surface area contributed by atoms with E-state index in [0.29, 0.717) is 5.69 Å². The number of hydrogen-bond donors (Lipinski definition) is 0. The first-order chi connectivity index (χ1) is 12.6. The summed E-state index contributed by atoms with van der Waals surface area (Å²) in [6.07, 6.45) is -0.719. The first kappa shape index (κ1) is 19.5. The predicted molar refractivity (Wildman–Crippen MR) is 102 cm³/mol. The van der Waals surface area contributed by atoms with E-state index in [1.807, 2.05) is 54.6 Å². The van der Waals surface area contributed by atoms with E-state index in [1.165, 1.54) is 16.7 Å². The average molecular weight is 368 g/mol. The number of para-hydroxylation sites is 1. The number of benzene rings is 2. The molecule has 2 rings (SSSR count). The fourth-order valence-corrected chi connectivity index (χ4v) is 3.00. The van der Waals surface area contributed by atoms with Crippen molar-refractivity contribution in [2.45, 2.75) is 24.3 Å². The Hall–Kier alpha value is -2.78. The van der Waals surface area contributed by atoms with Crippen LogP contribution in [0, 0.1) is 11.3 Å². The molecule has 0 bridgehead atoms. The molecular weight excluding hydrogens is 348 g/mol. The predicted octanol–water partition coefficient (Wildman–Crippen LogP) is 3.66. The highest BCUT2D eigenvalue weighted by atomic mass is 32.2. The standard InChI is InChI=1S/C20H20N2O3S/c1-16(25-19(23)15-26-18-11-6-3-7-12-18)20(24)22(14-8-13-21)17-9-4-2-5-10-17/h2-7,9-12,16H,8,14-15H2,1H3. The molecule has 0 aromatic heterocycles. The molecule has 0 saturated heterocycles. The lowest BCUT2D eigenvalue weighted by Gasteiger charge is -2.25. The number of nitriles is 1. The molecule has 0 heterocycles. The highest BCUT2D eigenvalue weighted by Crippen LogP contribution is 2.19. The van der Waals surface area contributed by atoms with Crippen LogP contribution < -0.4 is 4.90 Å². The highest BCUT2D eigenvalue weighted by molar-refractivity contribution is 8.00. The van der Waals surface area contributed by atoms with Crippen LogP contribution in [0.25, 0.3) is 0 Å². The molecule has 0 aliphatic rings. The SMILES string of the molecule is CC(OC(=O)CSc1ccccc1)C(=O)N(CCC#N)c1ccccc1. The van der Waals surface area contributed by atoms with Crippen molar-refractivity contribution in [2.75, 3.05) is 17.2 Å². The molecule has 0 spiro atoms. The molecule has 1 amide bonds. The Labute approximate surface area is 157 Å². The van der Waals surface area contributed by atoms with Crippen LogP contribution in [0.5, 0.6) is 0 Å². The molecule has 1 atom stereocenters. The number of thioether (sulfide) groups is 1. The third kappa shape index (κ3) is 5.94. The number of anilines is 1. The zero-order valence-corrected chi connectivity index (χ0v) is 15.3. The lowest BCUT2D eigenvalue weighted by atomic mass is 10.2. The summed E-state index contributed by atoms with van der Waals surface area (Å²) in [7, 11) is 0. The van der Waals surface area contributed by atoms with Crippen LogP contribution in [-0.2, 0) is 14.3 Å². The molecule has 0 saturated carbocycles. The zero-order chi connectivity index (χ0) is 18.8. The second kappa shape index (κ2) is 10.3. The van der Waals surface area contributed by atoms with E-state index < -0.39 is 12.1 Å². The normalized spacial score (nSPS) is 11.2. The topological polar surface area (TPSA) is 70.4 Å². The number of nitrogens with zero attached hydrogens (tertiary/aromatic N) is 2. The molecule has 0 aliphatic heterocycles. The van der Waals surface area contributed by atoms with Crippen LogP contribution in [0.15, 0.2) is 65.6 Å². The van der Waals surface area contributed by atoms with Gasteiger partial charge in [0, 0.05) is 17.1 Å². The van der Waals surface area contributed by atoms with Crippen LogP contribution in [0.4, 0.5) is 5.69 Å². The summed E-state index contributed by atoms with van der Waals surface area (Å²) < 4.78 is 5.28. The molecule has 6 heteroatoms. The van der Waals surface area contributed by atoms with Gasteiger partial charge in [0.05, 0.1) is 18.2 Å². The maximum absolute atomic E-state index is 12.7. The molecule has 134 valence electrons. The highest BCUT2D eigenvalue weighted by Gasteiger charge is 2.24. The van der Waals surface area contributed by atoms with Crippen molar-refractivity contribution in [1.82, 2.24) is 0 Å². The number of amides is 1. The lowest BCUT2D eigenvalue weighted by Crippen LogP contribution is -2.41. The zero-order valence-electron chi connectivity index (χ0n) is 14.5. The summed E-state index contributed by atoms with van der Waals surface area (Å²) in [6.45, 7) is 1.80. The minimum atomic E-state index is -0.919. The Morgan fingerprint density at radius 1 is 1.12 bits per heavy atom. The number of rotatable bonds is 8. The molecule has 0 N–H and O–H groups in total. The maximum atomic E-state index is 12.7. The summed E-state index contributed by atoms with van der Waals surface area (Å²) in [5, 5.41) is 8.83. The van der Waals surface area contributed by atoms with Crippen LogP contribution in [-0.4, -0.2) is 30.3 Å². The van der Waals surface area contributed by atoms with Gasteiger partial charge in [0.25, 0.3) is 5.91 Å². The second-order valence-electron chi connectivity index (χ2n) is 5.47. The van der Waals surface area contributed by atoms with Crippen molar-refractivity contribution in [3.05, 3.63) is 60.7 Å². The maximum Gasteiger partial charge on any atom is 0.317 e. The van der Waals surface area contributed by atoms with E-state index in [9.17, 15) is 9.59 Å². The average Bonchev–Trinajstić information content (AvgIpc) is 2.68. The first-order valence-corrected chi connectivity index (χ1v) is 9.21. The van der Waals surface area contributed by atoms with E-state index in [4.69, 9.17) is 10.00 Å². The fourth-order valence-electron chi connectivity index (χ4n) is 2.30. The molecule has 2 aromatic carbocycles. The summed E-state index contributed by atoms with van der Waals surface area (Å²) >= 11 is 1.36. The molecule has 0 radical (unpaired) electrons. The molecule has 1 unspecified atom stereocenters. The van der Waals surface area contributed by atoms with Crippen molar-refractivity contribution in [3.8, 4) is 6.07 Å². The summed E-state index contributed by atoms with van der Waals surface area (Å²) in [4.78, 5) is 27.2. The Morgan fingerprint density at radius 3 is 2.35 bits per heavy atom. The van der Waals surface area contributed by atoms with E-state index in [1.54, 1.807) is 19.1 Å². The van der Waals surface area contributed by atoms with Crippen molar-refractivity contribution in [2.24, 2.45) is 0 Å². The van der Waals surface area contributed by atoms with Gasteiger partial charge < -0.3 is 9.64 Å². The van der Waals surface area contributed by atoms with Crippen molar-refractivity contribution < 1.29 is 14.3 Å². The molecular formula is C20H20N2O3S. The molecule has 0 fully saturated rings. The number of carbonyl (C=O) groups is 2. The van der Waals surface area contributed by atoms with Crippen LogP contribution in [0.2, 0.25) is 0 Å². The van der Waals surface area contributed by atoms with Gasteiger partial charge in [0.2, 0.25) is 0 Å².